The van der Waals surface area contributed by atoms with E-state index in [0.29, 0.717) is 13.0 Å². The average Bonchev–Trinajstić information content (AvgIpc) is 2.67. The van der Waals surface area contributed by atoms with E-state index < -0.39 is 0 Å². The van der Waals surface area contributed by atoms with Crippen LogP contribution in [0.1, 0.15) is 19.8 Å². The molecular formula is C7H10O3. The molecule has 0 N–H and O–H groups in total. The summed E-state index contributed by atoms with van der Waals surface area (Å²) < 4.78 is 9.43. The Morgan fingerprint density at radius 2 is 2.50 bits per heavy atom. The van der Waals surface area contributed by atoms with Crippen molar-refractivity contribution in [2.24, 2.45) is 0 Å². The second-order valence-corrected chi connectivity index (χ2v) is 2.11. The predicted octanol–water partition coefficient (Wildman–Crippen LogP) is 1.20. The summed E-state index contributed by atoms with van der Waals surface area (Å²) in [5.41, 5.74) is 0. The molecule has 1 aliphatic rings. The van der Waals surface area contributed by atoms with Crippen LogP contribution in [0.2, 0.25) is 0 Å². The highest BCUT2D eigenvalue weighted by atomic mass is 16.6. The van der Waals surface area contributed by atoms with Gasteiger partial charge < -0.3 is 9.47 Å². The van der Waals surface area contributed by atoms with Gasteiger partial charge >= 0.3 is 5.97 Å². The molecule has 0 fully saturated rings. The fourth-order valence-corrected chi connectivity index (χ4v) is 0.538. The number of carbonyl (C=O) groups excluding carboxylic acids is 1. The quantitative estimate of drug-likeness (QED) is 0.553. The van der Waals surface area contributed by atoms with Gasteiger partial charge in [-0.15, -0.1) is 0 Å². The molecule has 56 valence electrons. The Labute approximate surface area is 59.6 Å². The number of esters is 1. The summed E-state index contributed by atoms with van der Waals surface area (Å²) in [6.45, 7) is 2.24. The van der Waals surface area contributed by atoms with Crippen LogP contribution in [-0.4, -0.2) is 12.6 Å². The van der Waals surface area contributed by atoms with E-state index in [0.717, 1.165) is 12.2 Å². The minimum Gasteiger partial charge on any atom is -0.459 e. The lowest BCUT2D eigenvalue weighted by Crippen LogP contribution is -2.03. The van der Waals surface area contributed by atoms with Crippen molar-refractivity contribution in [3.8, 4) is 0 Å². The Morgan fingerprint density at radius 1 is 1.80 bits per heavy atom. The zero-order chi connectivity index (χ0) is 7.40. The molecule has 0 atom stereocenters. The van der Waals surface area contributed by atoms with Gasteiger partial charge in [0.2, 0.25) is 0 Å². The van der Waals surface area contributed by atoms with Crippen molar-refractivity contribution in [1.82, 2.24) is 0 Å². The molecule has 0 saturated carbocycles. The fraction of sp³-hybridized carbons (Fsp3) is 0.571. The molecule has 0 radical (unpaired) electrons. The molecule has 0 aromatic carbocycles. The second kappa shape index (κ2) is 3.25. The molecule has 1 heterocycles. The minimum atomic E-state index is -0.154. The molecule has 0 saturated heterocycles. The van der Waals surface area contributed by atoms with Crippen LogP contribution >= 0.6 is 0 Å². The van der Waals surface area contributed by atoms with Gasteiger partial charge in [-0.3, -0.25) is 4.79 Å². The maximum atomic E-state index is 10.7. The van der Waals surface area contributed by atoms with E-state index in [1.165, 1.54) is 0 Å². The smallest absolute Gasteiger partial charge is 0.306 e. The van der Waals surface area contributed by atoms with E-state index >= 15 is 0 Å². The number of hydrogen-bond acceptors (Lipinski definition) is 3. The third kappa shape index (κ3) is 2.53. The van der Waals surface area contributed by atoms with Gasteiger partial charge in [-0.1, -0.05) is 6.92 Å². The van der Waals surface area contributed by atoms with Crippen LogP contribution in [0.4, 0.5) is 0 Å². The van der Waals surface area contributed by atoms with Crippen molar-refractivity contribution in [3.05, 3.63) is 12.0 Å². The van der Waals surface area contributed by atoms with Crippen molar-refractivity contribution in [2.75, 3.05) is 6.61 Å². The van der Waals surface area contributed by atoms with Crippen molar-refractivity contribution in [2.45, 2.75) is 19.8 Å². The van der Waals surface area contributed by atoms with Crippen LogP contribution in [0.3, 0.4) is 0 Å². The van der Waals surface area contributed by atoms with Crippen molar-refractivity contribution in [3.63, 3.8) is 0 Å². The molecule has 1 aliphatic heterocycles. The number of hydrogen-bond donors (Lipinski definition) is 0. The molecule has 0 spiro atoms. The van der Waals surface area contributed by atoms with E-state index in [-0.39, 0.29) is 5.97 Å². The fourth-order valence-electron chi connectivity index (χ4n) is 0.538. The molecule has 1 rings (SSSR count). The molecule has 3 nitrogen and oxygen atoms in total. The zero-order valence-corrected chi connectivity index (χ0v) is 5.92. The summed E-state index contributed by atoms with van der Waals surface area (Å²) in [7, 11) is 0. The summed E-state index contributed by atoms with van der Waals surface area (Å²) in [6.07, 6.45) is 2.89. The first-order chi connectivity index (χ1) is 4.83. The normalized spacial score (nSPS) is 13.5. The first-order valence-electron chi connectivity index (χ1n) is 3.34. The number of rotatable bonds is 4. The highest BCUT2D eigenvalue weighted by Crippen LogP contribution is 2.12. The minimum absolute atomic E-state index is 0.154. The lowest BCUT2D eigenvalue weighted by molar-refractivity contribution is -0.142. The molecule has 0 bridgehead atoms. The van der Waals surface area contributed by atoms with Gasteiger partial charge in [0.05, 0.1) is 0 Å². The molecule has 3 heteroatoms. The Hall–Kier alpha value is -0.990. The van der Waals surface area contributed by atoms with Crippen LogP contribution in [-0.2, 0) is 14.3 Å². The third-order valence-corrected chi connectivity index (χ3v) is 1.11. The zero-order valence-electron chi connectivity index (χ0n) is 5.92. The maximum Gasteiger partial charge on any atom is 0.306 e. The van der Waals surface area contributed by atoms with Gasteiger partial charge in [-0.2, -0.15) is 0 Å². The largest absolute Gasteiger partial charge is 0.459 e. The van der Waals surface area contributed by atoms with Gasteiger partial charge in [0, 0.05) is 6.42 Å². The van der Waals surface area contributed by atoms with E-state index in [1.807, 2.05) is 6.92 Å². The summed E-state index contributed by atoms with van der Waals surface area (Å²) in [4.78, 5) is 10.7. The summed E-state index contributed by atoms with van der Waals surface area (Å²) in [6, 6.07) is 0. The van der Waals surface area contributed by atoms with Crippen LogP contribution in [0, 0.1) is 0 Å². The Kier molecular flexibility index (Phi) is 2.31. The molecule has 0 aromatic heterocycles. The molecule has 0 amide bonds. The highest BCUT2D eigenvalue weighted by Gasteiger charge is 2.11. The summed E-state index contributed by atoms with van der Waals surface area (Å²) >= 11 is 0. The van der Waals surface area contributed by atoms with E-state index in [2.05, 4.69) is 4.74 Å². The first kappa shape index (κ1) is 7.12. The Bertz CT molecular complexity index is 160. The average molecular weight is 142 g/mol. The molecule has 0 unspecified atom stereocenters. The van der Waals surface area contributed by atoms with Crippen LogP contribution < -0.4 is 0 Å². The highest BCUT2D eigenvalue weighted by molar-refractivity contribution is 5.69. The van der Waals surface area contributed by atoms with E-state index in [4.69, 9.17) is 4.74 Å². The van der Waals surface area contributed by atoms with Crippen molar-refractivity contribution >= 4 is 5.97 Å². The number of ether oxygens (including phenoxy) is 2. The molecule has 0 aromatic rings. The van der Waals surface area contributed by atoms with Gasteiger partial charge in [0.1, 0.15) is 6.26 Å². The van der Waals surface area contributed by atoms with E-state index in [1.54, 1.807) is 6.26 Å². The third-order valence-electron chi connectivity index (χ3n) is 1.11. The number of carbonyl (C=O) groups is 1. The topological polar surface area (TPSA) is 38.8 Å². The van der Waals surface area contributed by atoms with Gasteiger partial charge in [0.15, 0.2) is 12.4 Å². The van der Waals surface area contributed by atoms with Crippen molar-refractivity contribution < 1.29 is 14.3 Å². The predicted molar refractivity (Wildman–Crippen MR) is 35.0 cm³/mol. The van der Waals surface area contributed by atoms with Gasteiger partial charge in [0.25, 0.3) is 0 Å². The lowest BCUT2D eigenvalue weighted by atomic mass is 10.3. The monoisotopic (exact) mass is 142 g/mol. The van der Waals surface area contributed by atoms with Gasteiger partial charge in [-0.25, -0.2) is 0 Å². The molecular weight excluding hydrogens is 132 g/mol. The first-order valence-corrected chi connectivity index (χ1v) is 3.34. The maximum absolute atomic E-state index is 10.7. The Morgan fingerprint density at radius 3 is 3.00 bits per heavy atom. The Balaban J connectivity index is 2.00. The second-order valence-electron chi connectivity index (χ2n) is 2.11. The van der Waals surface area contributed by atoms with Crippen molar-refractivity contribution in [1.29, 1.82) is 0 Å². The van der Waals surface area contributed by atoms with Crippen LogP contribution in [0.25, 0.3) is 0 Å². The molecule has 10 heavy (non-hydrogen) atoms. The summed E-state index contributed by atoms with van der Waals surface area (Å²) in [5.74, 6) is 0.600. The summed E-state index contributed by atoms with van der Waals surface area (Å²) in [5, 5.41) is 0. The van der Waals surface area contributed by atoms with Crippen LogP contribution in [0.5, 0.6) is 0 Å². The van der Waals surface area contributed by atoms with E-state index in [9.17, 15) is 4.79 Å². The lowest BCUT2D eigenvalue weighted by Gasteiger charge is -1.97. The standard InChI is InChI=1S/C7H10O3/c1-2-3-7(8)10-5-6-4-9-6/h4H,2-3,5H2,1H3. The SMILES string of the molecule is CCCC(=O)OCC1=CO1. The molecule has 0 aliphatic carbocycles. The van der Waals surface area contributed by atoms with Crippen LogP contribution in [0.15, 0.2) is 12.0 Å². The van der Waals surface area contributed by atoms with Gasteiger partial charge in [-0.05, 0) is 6.42 Å².